The Hall–Kier alpha value is -1.16. The normalized spacial score (nSPS) is 40.7. The zero-order valence-corrected chi connectivity index (χ0v) is 18.8. The first-order valence-corrected chi connectivity index (χ1v) is 12.1. The van der Waals surface area contributed by atoms with Crippen LogP contribution in [-0.4, -0.2) is 33.6 Å². The fraction of sp³-hybridized carbons (Fsp3) is 0.714. The molecule has 3 N–H and O–H groups in total. The van der Waals surface area contributed by atoms with Crippen molar-refractivity contribution in [1.29, 1.82) is 0 Å². The molecule has 0 aromatic heterocycles. The quantitative estimate of drug-likeness (QED) is 0.490. The molecule has 0 spiro atoms. The number of aliphatic hydroxyl groups is 3. The van der Waals surface area contributed by atoms with Crippen molar-refractivity contribution in [2.24, 2.45) is 29.1 Å². The van der Waals surface area contributed by atoms with Gasteiger partial charge in [-0.3, -0.25) is 0 Å². The van der Waals surface area contributed by atoms with E-state index in [0.717, 1.165) is 17.6 Å². The third-order valence-corrected chi connectivity index (χ3v) is 8.65. The van der Waals surface area contributed by atoms with Gasteiger partial charge in [-0.1, -0.05) is 57.7 Å². The molecule has 4 fully saturated rings. The lowest BCUT2D eigenvalue weighted by Crippen LogP contribution is -2.35. The van der Waals surface area contributed by atoms with Crippen molar-refractivity contribution < 1.29 is 15.3 Å². The maximum Gasteiger partial charge on any atom is 0.0811 e. The van der Waals surface area contributed by atoms with E-state index in [1.54, 1.807) is 0 Å². The Labute approximate surface area is 189 Å². The molecule has 0 amide bonds. The van der Waals surface area contributed by atoms with Crippen LogP contribution in [0, 0.1) is 29.1 Å². The SMILES string of the molecule is C.C=C1/C(=C/C=C2\CCC[C@]3(C)[C@@H]([C@H](C)/C=C/C(O)C4CC4)CC[C@@H]23)C[C@@H](O)C[C@@H]1O. The van der Waals surface area contributed by atoms with Crippen LogP contribution in [0.25, 0.3) is 0 Å². The van der Waals surface area contributed by atoms with E-state index in [0.29, 0.717) is 41.9 Å². The van der Waals surface area contributed by atoms with Gasteiger partial charge in [0, 0.05) is 6.42 Å². The molecule has 4 rings (SSSR count). The molecule has 174 valence electrons. The largest absolute Gasteiger partial charge is 0.393 e. The van der Waals surface area contributed by atoms with E-state index in [9.17, 15) is 15.3 Å². The van der Waals surface area contributed by atoms with Crippen LogP contribution in [0.1, 0.15) is 79.1 Å². The van der Waals surface area contributed by atoms with Crippen molar-refractivity contribution in [3.05, 3.63) is 47.6 Å². The van der Waals surface area contributed by atoms with Gasteiger partial charge in [0.2, 0.25) is 0 Å². The number of allylic oxidation sites excluding steroid dienone is 4. The van der Waals surface area contributed by atoms with Crippen molar-refractivity contribution in [2.45, 2.75) is 97.4 Å². The van der Waals surface area contributed by atoms with Crippen LogP contribution in [0.4, 0.5) is 0 Å². The number of rotatable bonds is 5. The molecule has 0 bridgehead atoms. The molecule has 7 atom stereocenters. The fourth-order valence-corrected chi connectivity index (χ4v) is 6.63. The second-order valence-corrected chi connectivity index (χ2v) is 10.7. The second-order valence-electron chi connectivity index (χ2n) is 10.7. The van der Waals surface area contributed by atoms with Crippen molar-refractivity contribution in [1.82, 2.24) is 0 Å². The molecular weight excluding hydrogens is 384 g/mol. The van der Waals surface area contributed by atoms with Crippen LogP contribution in [0.5, 0.6) is 0 Å². The predicted octanol–water partition coefficient (Wildman–Crippen LogP) is 5.73. The molecule has 3 nitrogen and oxygen atoms in total. The first-order chi connectivity index (χ1) is 14.3. The Morgan fingerprint density at radius 1 is 1.10 bits per heavy atom. The zero-order chi connectivity index (χ0) is 21.5. The van der Waals surface area contributed by atoms with Crippen molar-refractivity contribution >= 4 is 0 Å². The molecular formula is C28H44O3. The molecule has 4 aliphatic carbocycles. The Kier molecular flexibility index (Phi) is 7.71. The topological polar surface area (TPSA) is 60.7 Å². The van der Waals surface area contributed by atoms with Crippen LogP contribution in [0.2, 0.25) is 0 Å². The van der Waals surface area contributed by atoms with Gasteiger partial charge in [0.1, 0.15) is 0 Å². The van der Waals surface area contributed by atoms with E-state index in [1.807, 2.05) is 0 Å². The lowest BCUT2D eigenvalue weighted by Gasteiger charge is -2.44. The third kappa shape index (κ3) is 5.10. The van der Waals surface area contributed by atoms with Gasteiger partial charge in [0.15, 0.2) is 0 Å². The van der Waals surface area contributed by atoms with Crippen LogP contribution in [-0.2, 0) is 0 Å². The van der Waals surface area contributed by atoms with Gasteiger partial charge >= 0.3 is 0 Å². The smallest absolute Gasteiger partial charge is 0.0811 e. The Morgan fingerprint density at radius 2 is 1.84 bits per heavy atom. The first kappa shape index (κ1) is 24.5. The van der Waals surface area contributed by atoms with Crippen LogP contribution in [0.15, 0.2) is 47.6 Å². The molecule has 0 radical (unpaired) electrons. The van der Waals surface area contributed by atoms with Crippen molar-refractivity contribution in [3.63, 3.8) is 0 Å². The van der Waals surface area contributed by atoms with Gasteiger partial charge in [-0.2, -0.15) is 0 Å². The lowest BCUT2D eigenvalue weighted by atomic mass is 9.61. The number of aliphatic hydroxyl groups excluding tert-OH is 3. The van der Waals surface area contributed by atoms with E-state index >= 15 is 0 Å². The molecule has 31 heavy (non-hydrogen) atoms. The highest BCUT2D eigenvalue weighted by atomic mass is 16.3. The van der Waals surface area contributed by atoms with Crippen LogP contribution >= 0.6 is 0 Å². The summed E-state index contributed by atoms with van der Waals surface area (Å²) in [5, 5.41) is 30.4. The fourth-order valence-electron chi connectivity index (χ4n) is 6.63. The zero-order valence-electron chi connectivity index (χ0n) is 18.8. The molecule has 4 aliphatic rings. The molecule has 3 heteroatoms. The summed E-state index contributed by atoms with van der Waals surface area (Å²) >= 11 is 0. The Balaban J connectivity index is 0.00000272. The average molecular weight is 429 g/mol. The number of fused-ring (bicyclic) bond motifs is 1. The highest BCUT2D eigenvalue weighted by molar-refractivity contribution is 5.38. The molecule has 0 saturated heterocycles. The maximum atomic E-state index is 10.2. The van der Waals surface area contributed by atoms with E-state index in [1.165, 1.54) is 44.1 Å². The van der Waals surface area contributed by atoms with E-state index in [4.69, 9.17) is 0 Å². The van der Waals surface area contributed by atoms with E-state index in [-0.39, 0.29) is 13.5 Å². The number of hydrogen-bond donors (Lipinski definition) is 3. The minimum absolute atomic E-state index is 0. The monoisotopic (exact) mass is 428 g/mol. The van der Waals surface area contributed by atoms with Gasteiger partial charge in [-0.25, -0.2) is 0 Å². The molecule has 1 unspecified atom stereocenters. The van der Waals surface area contributed by atoms with Crippen LogP contribution in [0.3, 0.4) is 0 Å². The standard InChI is InChI=1S/C27H40O3.CH4/c1-17(6-13-25(29)20-8-9-20)23-11-12-24-19(5-4-14-27(23,24)3)7-10-21-15-22(28)16-26(30)18(21)2;/h6-7,10,13,17,20,22-26,28-30H,2,4-5,8-9,11-12,14-16H2,1,3H3;1H4/b13-6+,19-7+,21-10+;/t17-,22-,23-,24+,25?,26+,27-;/m1./s1. The molecule has 0 heterocycles. The summed E-state index contributed by atoms with van der Waals surface area (Å²) in [6, 6.07) is 0. The highest BCUT2D eigenvalue weighted by Crippen LogP contribution is 2.59. The van der Waals surface area contributed by atoms with Crippen LogP contribution < -0.4 is 0 Å². The Morgan fingerprint density at radius 3 is 2.55 bits per heavy atom. The second kappa shape index (κ2) is 9.77. The number of hydrogen-bond acceptors (Lipinski definition) is 3. The summed E-state index contributed by atoms with van der Waals surface area (Å²) in [6.07, 6.45) is 16.9. The van der Waals surface area contributed by atoms with Gasteiger partial charge in [-0.15, -0.1) is 0 Å². The highest BCUT2D eigenvalue weighted by Gasteiger charge is 2.50. The van der Waals surface area contributed by atoms with Gasteiger partial charge in [0.25, 0.3) is 0 Å². The minimum Gasteiger partial charge on any atom is -0.393 e. The molecule has 0 aromatic carbocycles. The van der Waals surface area contributed by atoms with E-state index < -0.39 is 12.2 Å². The van der Waals surface area contributed by atoms with Gasteiger partial charge in [-0.05, 0) is 91.6 Å². The average Bonchev–Trinajstić information content (AvgIpc) is 3.49. The summed E-state index contributed by atoms with van der Waals surface area (Å²) in [5.41, 5.74) is 3.63. The lowest BCUT2D eigenvalue weighted by molar-refractivity contribution is 0.0862. The minimum atomic E-state index is -0.621. The maximum absolute atomic E-state index is 10.2. The molecule has 0 aliphatic heterocycles. The Bertz CT molecular complexity index is 743. The molecule has 4 saturated carbocycles. The van der Waals surface area contributed by atoms with Crippen molar-refractivity contribution in [3.8, 4) is 0 Å². The van der Waals surface area contributed by atoms with Gasteiger partial charge in [0.05, 0.1) is 18.3 Å². The molecule has 0 aromatic rings. The summed E-state index contributed by atoms with van der Waals surface area (Å²) in [5.74, 6) is 2.28. The van der Waals surface area contributed by atoms with Gasteiger partial charge < -0.3 is 15.3 Å². The van der Waals surface area contributed by atoms with Crippen molar-refractivity contribution in [2.75, 3.05) is 0 Å². The first-order valence-electron chi connectivity index (χ1n) is 12.1. The summed E-state index contributed by atoms with van der Waals surface area (Å²) in [7, 11) is 0. The summed E-state index contributed by atoms with van der Waals surface area (Å²) in [4.78, 5) is 0. The third-order valence-electron chi connectivity index (χ3n) is 8.65. The summed E-state index contributed by atoms with van der Waals surface area (Å²) < 4.78 is 0. The predicted molar refractivity (Wildman–Crippen MR) is 128 cm³/mol. The van der Waals surface area contributed by atoms with E-state index in [2.05, 4.69) is 44.7 Å². The summed E-state index contributed by atoms with van der Waals surface area (Å²) in [6.45, 7) is 8.88.